The molecule has 0 bridgehead atoms. The van der Waals surface area contributed by atoms with Gasteiger partial charge in [0, 0.05) is 24.5 Å². The Labute approximate surface area is 203 Å². The van der Waals surface area contributed by atoms with Gasteiger partial charge in [-0.1, -0.05) is 29.8 Å². The molecule has 2 heterocycles. The van der Waals surface area contributed by atoms with E-state index in [1.54, 1.807) is 0 Å². The predicted molar refractivity (Wildman–Crippen MR) is 130 cm³/mol. The van der Waals surface area contributed by atoms with Crippen LogP contribution in [0.15, 0.2) is 42.2 Å². The fourth-order valence-electron chi connectivity index (χ4n) is 4.22. The number of thiazole rings is 1. The molecule has 11 heteroatoms. The van der Waals surface area contributed by atoms with Crippen molar-refractivity contribution < 1.29 is 17.4 Å². The van der Waals surface area contributed by atoms with Crippen molar-refractivity contribution >= 4 is 33.2 Å². The highest BCUT2D eigenvalue weighted by Crippen LogP contribution is 2.31. The number of rotatable bonds is 10. The topological polar surface area (TPSA) is 137 Å². The number of anilines is 1. The molecular weight excluding hydrogens is 474 g/mol. The molecule has 2 aromatic heterocycles. The fraction of sp³-hybridized carbons (Fsp3) is 0.391. The molecule has 2 atom stereocenters. The number of aryl methyl sites for hydroxylation is 1. The maximum absolute atomic E-state index is 13.2. The number of benzene rings is 1. The Morgan fingerprint density at radius 2 is 2.12 bits per heavy atom. The molecule has 1 fully saturated rings. The van der Waals surface area contributed by atoms with Crippen LogP contribution in [0.1, 0.15) is 51.4 Å². The number of ketones is 1. The third kappa shape index (κ3) is 6.66. The summed E-state index contributed by atoms with van der Waals surface area (Å²) in [5.41, 5.74) is 3.57. The van der Waals surface area contributed by atoms with E-state index in [4.69, 9.17) is 9.32 Å². The number of nitrogens with two attached hydrogens (primary N) is 1. The van der Waals surface area contributed by atoms with Crippen LogP contribution in [0.5, 0.6) is 0 Å². The smallest absolute Gasteiger partial charge is 0.333 e. The van der Waals surface area contributed by atoms with Crippen molar-refractivity contribution in [2.45, 2.75) is 32.6 Å². The van der Waals surface area contributed by atoms with Crippen LogP contribution in [-0.2, 0) is 20.9 Å². The molecule has 3 aromatic rings. The van der Waals surface area contributed by atoms with Crippen LogP contribution in [0, 0.1) is 18.8 Å². The zero-order valence-corrected chi connectivity index (χ0v) is 20.4. The molecule has 0 saturated heterocycles. The average molecular weight is 502 g/mol. The first-order chi connectivity index (χ1) is 16.3. The summed E-state index contributed by atoms with van der Waals surface area (Å²) in [6.45, 7) is 2.76. The third-order valence-electron chi connectivity index (χ3n) is 5.85. The second-order valence-corrected chi connectivity index (χ2v) is 10.7. The monoisotopic (exact) mass is 501 g/mol. The minimum atomic E-state index is -3.92. The van der Waals surface area contributed by atoms with Gasteiger partial charge in [0.1, 0.15) is 12.1 Å². The van der Waals surface area contributed by atoms with E-state index in [-0.39, 0.29) is 18.3 Å². The molecule has 1 aromatic carbocycles. The van der Waals surface area contributed by atoms with Crippen molar-refractivity contribution in [3.63, 3.8) is 0 Å². The van der Waals surface area contributed by atoms with E-state index in [1.807, 2.05) is 24.4 Å². The second-order valence-electron chi connectivity index (χ2n) is 8.63. The molecule has 1 unspecified atom stereocenters. The van der Waals surface area contributed by atoms with Crippen molar-refractivity contribution in [3.05, 3.63) is 69.6 Å². The minimum Gasteiger partial charge on any atom is -0.369 e. The zero-order chi connectivity index (χ0) is 24.1. The maximum atomic E-state index is 13.2. The first kappa shape index (κ1) is 24.4. The van der Waals surface area contributed by atoms with Gasteiger partial charge < -0.3 is 5.32 Å². The first-order valence-corrected chi connectivity index (χ1v) is 13.4. The summed E-state index contributed by atoms with van der Waals surface area (Å²) in [7, 11) is -3.92. The van der Waals surface area contributed by atoms with E-state index < -0.39 is 10.3 Å². The lowest BCUT2D eigenvalue weighted by molar-refractivity contribution is 0.103. The Bertz CT molecular complexity index is 1260. The van der Waals surface area contributed by atoms with E-state index in [1.165, 1.54) is 29.4 Å². The Balaban J connectivity index is 1.37. The number of carbonyl (C=O) groups excluding carboxylic acids is 1. The molecule has 9 nitrogen and oxygen atoms in total. The van der Waals surface area contributed by atoms with Crippen molar-refractivity contribution in [1.29, 1.82) is 0 Å². The summed E-state index contributed by atoms with van der Waals surface area (Å²) < 4.78 is 26.7. The number of aromatic nitrogens is 3. The zero-order valence-electron chi connectivity index (χ0n) is 18.8. The van der Waals surface area contributed by atoms with Gasteiger partial charge in [-0.05, 0) is 43.6 Å². The van der Waals surface area contributed by atoms with Gasteiger partial charge in [0.2, 0.25) is 5.78 Å². The molecule has 180 valence electrons. The summed E-state index contributed by atoms with van der Waals surface area (Å²) >= 11 is 1.32. The maximum Gasteiger partial charge on any atom is 0.333 e. The number of nitrogens with zero attached hydrogens (tertiary/aromatic N) is 3. The van der Waals surface area contributed by atoms with Gasteiger partial charge in [-0.15, -0.1) is 11.3 Å². The van der Waals surface area contributed by atoms with E-state index >= 15 is 0 Å². The van der Waals surface area contributed by atoms with Crippen molar-refractivity contribution in [3.8, 4) is 0 Å². The van der Waals surface area contributed by atoms with Crippen LogP contribution >= 0.6 is 11.3 Å². The number of hydrogen-bond donors (Lipinski definition) is 2. The molecule has 0 radical (unpaired) electrons. The lowest BCUT2D eigenvalue weighted by Crippen LogP contribution is -2.20. The summed E-state index contributed by atoms with van der Waals surface area (Å²) in [6, 6.07) is 8.23. The molecule has 3 N–H and O–H groups in total. The van der Waals surface area contributed by atoms with E-state index in [0.717, 1.165) is 30.5 Å². The lowest BCUT2D eigenvalue weighted by atomic mass is 10.1. The van der Waals surface area contributed by atoms with Crippen molar-refractivity contribution in [1.82, 2.24) is 15.0 Å². The Morgan fingerprint density at radius 1 is 1.29 bits per heavy atom. The third-order valence-corrected chi connectivity index (χ3v) is 7.20. The summed E-state index contributed by atoms with van der Waals surface area (Å²) in [4.78, 5) is 26.0. The molecule has 0 amide bonds. The molecule has 0 aliphatic heterocycles. The highest BCUT2D eigenvalue weighted by Gasteiger charge is 2.27. The highest BCUT2D eigenvalue weighted by atomic mass is 32.2. The van der Waals surface area contributed by atoms with Crippen molar-refractivity contribution in [2.75, 3.05) is 18.5 Å². The standard InChI is InChI=1S/C23H27N5O4S2/c1-15-3-2-4-16(7-15)9-19-13-33-23(28-19)21(29)20-11-25-14-27-22(20)26-10-17-5-6-18(8-17)12-32-34(24,30)31/h2-4,7,11,13-14,17-18H,5-6,8-10,12H2,1H3,(H2,24,30,31)(H,25,26,27)/t17?,18-/m1/s1. The van der Waals surface area contributed by atoms with E-state index in [0.29, 0.717) is 35.3 Å². The number of hydrogen-bond acceptors (Lipinski definition) is 9. The fourth-order valence-corrected chi connectivity index (χ4v) is 5.38. The van der Waals surface area contributed by atoms with Crippen LogP contribution in [0.3, 0.4) is 0 Å². The van der Waals surface area contributed by atoms with Gasteiger partial charge in [0.25, 0.3) is 0 Å². The van der Waals surface area contributed by atoms with Gasteiger partial charge in [-0.3, -0.25) is 8.98 Å². The van der Waals surface area contributed by atoms with Crippen LogP contribution < -0.4 is 10.5 Å². The van der Waals surface area contributed by atoms with Gasteiger partial charge in [-0.2, -0.15) is 8.42 Å². The molecule has 0 spiro atoms. The van der Waals surface area contributed by atoms with Crippen LogP contribution in [0.2, 0.25) is 0 Å². The van der Waals surface area contributed by atoms with Gasteiger partial charge in [0.05, 0.1) is 17.9 Å². The van der Waals surface area contributed by atoms with Crippen molar-refractivity contribution in [2.24, 2.45) is 17.0 Å². The molecule has 4 rings (SSSR count). The highest BCUT2D eigenvalue weighted by molar-refractivity contribution is 7.84. The lowest BCUT2D eigenvalue weighted by Gasteiger charge is -2.14. The van der Waals surface area contributed by atoms with Gasteiger partial charge in [0.15, 0.2) is 5.01 Å². The van der Waals surface area contributed by atoms with E-state index in [9.17, 15) is 13.2 Å². The van der Waals surface area contributed by atoms with Gasteiger partial charge in [-0.25, -0.2) is 20.1 Å². The largest absolute Gasteiger partial charge is 0.369 e. The predicted octanol–water partition coefficient (Wildman–Crippen LogP) is 3.11. The molecule has 1 aliphatic carbocycles. The quantitative estimate of drug-likeness (QED) is 0.404. The Kier molecular flexibility index (Phi) is 7.67. The number of nitrogens with one attached hydrogen (secondary N) is 1. The van der Waals surface area contributed by atoms with Gasteiger partial charge >= 0.3 is 10.3 Å². The average Bonchev–Trinajstić information content (AvgIpc) is 3.45. The SMILES string of the molecule is Cc1cccc(Cc2csc(C(=O)c3cncnc3NCC3CC[C@@H](COS(N)(=O)=O)C3)n2)c1. The Morgan fingerprint density at radius 3 is 2.91 bits per heavy atom. The molecule has 1 saturated carbocycles. The normalized spacial score (nSPS) is 18.2. The van der Waals surface area contributed by atoms with E-state index in [2.05, 4.69) is 32.4 Å². The summed E-state index contributed by atoms with van der Waals surface area (Å²) in [5.74, 6) is 0.709. The Hall–Kier alpha value is -2.73. The van der Waals surface area contributed by atoms with Crippen LogP contribution in [0.25, 0.3) is 0 Å². The first-order valence-electron chi connectivity index (χ1n) is 11.0. The summed E-state index contributed by atoms with van der Waals surface area (Å²) in [6.07, 6.45) is 6.18. The molecule has 1 aliphatic rings. The minimum absolute atomic E-state index is 0.0987. The summed E-state index contributed by atoms with van der Waals surface area (Å²) in [5, 5.41) is 10.5. The van der Waals surface area contributed by atoms with Crippen LogP contribution in [0.4, 0.5) is 5.82 Å². The number of carbonyl (C=O) groups is 1. The molecule has 34 heavy (non-hydrogen) atoms. The second kappa shape index (κ2) is 10.7. The van der Waals surface area contributed by atoms with Crippen LogP contribution in [-0.4, -0.2) is 42.3 Å². The molecular formula is C23H27N5O4S2.